The van der Waals surface area contributed by atoms with Crippen molar-refractivity contribution in [2.24, 2.45) is 0 Å². The average Bonchev–Trinajstić information content (AvgIpc) is 2.61. The highest BCUT2D eigenvalue weighted by Gasteiger charge is 2.29. The molecule has 1 amide bonds. The number of benzene rings is 1. The summed E-state index contributed by atoms with van der Waals surface area (Å²) in [4.78, 5) is 22.0. The number of allylic oxidation sites excluding steroid dienone is 1. The number of hydrogen-bond donors (Lipinski definition) is 1. The third kappa shape index (κ3) is 1.82. The summed E-state index contributed by atoms with van der Waals surface area (Å²) >= 11 is 0. The van der Waals surface area contributed by atoms with E-state index < -0.39 is 11.9 Å². The Bertz CT molecular complexity index is 444. The number of amides is 1. The summed E-state index contributed by atoms with van der Waals surface area (Å²) in [7, 11) is 0. The Labute approximate surface area is 92.9 Å². The molecule has 4 nitrogen and oxygen atoms in total. The van der Waals surface area contributed by atoms with Gasteiger partial charge >= 0.3 is 11.9 Å². The van der Waals surface area contributed by atoms with Gasteiger partial charge in [-0.2, -0.15) is 0 Å². The summed E-state index contributed by atoms with van der Waals surface area (Å²) in [6, 6.07) is 9.50. The fourth-order valence-electron chi connectivity index (χ4n) is 1.59. The van der Waals surface area contributed by atoms with Crippen molar-refractivity contribution in [2.45, 2.75) is 13.3 Å². The van der Waals surface area contributed by atoms with Crippen molar-refractivity contribution in [1.82, 2.24) is 5.32 Å². The molecule has 82 valence electrons. The molecule has 1 aromatic rings. The van der Waals surface area contributed by atoms with Gasteiger partial charge in [0.15, 0.2) is 0 Å². The van der Waals surface area contributed by atoms with Crippen LogP contribution in [0.4, 0.5) is 0 Å². The zero-order valence-electron chi connectivity index (χ0n) is 8.82. The molecule has 1 fully saturated rings. The average molecular weight is 217 g/mol. The lowest BCUT2D eigenvalue weighted by atomic mass is 10.0. The summed E-state index contributed by atoms with van der Waals surface area (Å²) in [6.45, 7) is 1.94. The van der Waals surface area contributed by atoms with Gasteiger partial charge in [-0.1, -0.05) is 37.3 Å². The van der Waals surface area contributed by atoms with Gasteiger partial charge < -0.3 is 4.74 Å². The normalized spacial score (nSPS) is 18.1. The van der Waals surface area contributed by atoms with Crippen molar-refractivity contribution in [2.75, 3.05) is 0 Å². The van der Waals surface area contributed by atoms with E-state index in [2.05, 4.69) is 5.32 Å². The Morgan fingerprint density at radius 1 is 1.25 bits per heavy atom. The van der Waals surface area contributed by atoms with Crippen LogP contribution in [-0.4, -0.2) is 11.9 Å². The summed E-state index contributed by atoms with van der Waals surface area (Å²) in [6.07, 6.45) is 0.674. The SMILES string of the molecule is CC/C(=C1/NC(=O)C(=O)O1)c1ccccc1. The van der Waals surface area contributed by atoms with Crippen molar-refractivity contribution in [1.29, 1.82) is 0 Å². The van der Waals surface area contributed by atoms with E-state index >= 15 is 0 Å². The van der Waals surface area contributed by atoms with Crippen LogP contribution in [0.3, 0.4) is 0 Å². The number of hydrogen-bond acceptors (Lipinski definition) is 3. The zero-order chi connectivity index (χ0) is 11.5. The maximum absolute atomic E-state index is 11.0. The molecule has 0 aliphatic carbocycles. The Balaban J connectivity index is 2.40. The minimum Gasteiger partial charge on any atom is -0.402 e. The quantitative estimate of drug-likeness (QED) is 0.602. The molecule has 1 heterocycles. The zero-order valence-corrected chi connectivity index (χ0v) is 8.82. The van der Waals surface area contributed by atoms with Crippen LogP contribution in [0, 0.1) is 0 Å². The van der Waals surface area contributed by atoms with E-state index in [4.69, 9.17) is 4.74 Å². The minimum atomic E-state index is -0.850. The van der Waals surface area contributed by atoms with Gasteiger partial charge in [0.1, 0.15) is 0 Å². The Morgan fingerprint density at radius 2 is 1.94 bits per heavy atom. The standard InChI is InChI=1S/C12H11NO3/c1-2-9(8-6-4-3-5-7-8)11-13-10(14)12(15)16-11/h3-7H,2H2,1H3,(H,13,14)/b11-9+. The number of carbonyl (C=O) groups is 2. The molecule has 0 spiro atoms. The number of carbonyl (C=O) groups excluding carboxylic acids is 2. The van der Waals surface area contributed by atoms with Gasteiger partial charge in [-0.05, 0) is 12.0 Å². The van der Waals surface area contributed by atoms with E-state index in [1.165, 1.54) is 0 Å². The Morgan fingerprint density at radius 3 is 2.44 bits per heavy atom. The lowest BCUT2D eigenvalue weighted by molar-refractivity contribution is -0.145. The van der Waals surface area contributed by atoms with Gasteiger partial charge in [0.2, 0.25) is 5.88 Å². The van der Waals surface area contributed by atoms with Crippen LogP contribution in [0.15, 0.2) is 36.2 Å². The predicted octanol–water partition coefficient (Wildman–Crippen LogP) is 1.44. The van der Waals surface area contributed by atoms with Crippen molar-refractivity contribution >= 4 is 17.4 Å². The third-order valence-electron chi connectivity index (χ3n) is 2.36. The van der Waals surface area contributed by atoms with Crippen LogP contribution in [0.5, 0.6) is 0 Å². The van der Waals surface area contributed by atoms with Gasteiger partial charge in [-0.3, -0.25) is 10.1 Å². The molecule has 1 saturated heterocycles. The molecule has 0 radical (unpaired) electrons. The summed E-state index contributed by atoms with van der Waals surface area (Å²) in [5.74, 6) is -1.31. The van der Waals surface area contributed by atoms with Gasteiger partial charge in [0, 0.05) is 5.57 Å². The lowest BCUT2D eigenvalue weighted by Crippen LogP contribution is -2.18. The molecule has 0 atom stereocenters. The number of esters is 1. The van der Waals surface area contributed by atoms with Crippen molar-refractivity contribution in [3.8, 4) is 0 Å². The molecule has 2 rings (SSSR count). The number of ether oxygens (including phenoxy) is 1. The van der Waals surface area contributed by atoms with Gasteiger partial charge in [-0.25, -0.2) is 4.79 Å². The smallest absolute Gasteiger partial charge is 0.402 e. The first kappa shape index (κ1) is 10.4. The van der Waals surface area contributed by atoms with E-state index in [1.807, 2.05) is 37.3 Å². The molecule has 16 heavy (non-hydrogen) atoms. The van der Waals surface area contributed by atoms with Crippen LogP contribution >= 0.6 is 0 Å². The van der Waals surface area contributed by atoms with Gasteiger partial charge in [0.25, 0.3) is 0 Å². The summed E-state index contributed by atoms with van der Waals surface area (Å²) in [5.41, 5.74) is 1.76. The second-order valence-corrected chi connectivity index (χ2v) is 3.37. The molecule has 1 aliphatic heterocycles. The largest absolute Gasteiger partial charge is 0.403 e. The predicted molar refractivity (Wildman–Crippen MR) is 57.9 cm³/mol. The molecular weight excluding hydrogens is 206 g/mol. The Kier molecular flexibility index (Phi) is 2.72. The molecule has 1 aliphatic rings. The fourth-order valence-corrected chi connectivity index (χ4v) is 1.59. The van der Waals surface area contributed by atoms with Crippen LogP contribution in [0.25, 0.3) is 5.57 Å². The van der Waals surface area contributed by atoms with Crippen LogP contribution in [-0.2, 0) is 14.3 Å². The van der Waals surface area contributed by atoms with E-state index in [-0.39, 0.29) is 5.88 Å². The van der Waals surface area contributed by atoms with Gasteiger partial charge in [0.05, 0.1) is 0 Å². The molecule has 4 heteroatoms. The number of rotatable bonds is 2. The monoisotopic (exact) mass is 217 g/mol. The first-order chi connectivity index (χ1) is 7.72. The first-order valence-electron chi connectivity index (χ1n) is 5.04. The topological polar surface area (TPSA) is 55.4 Å². The van der Waals surface area contributed by atoms with Crippen molar-refractivity contribution in [3.63, 3.8) is 0 Å². The second-order valence-electron chi connectivity index (χ2n) is 3.37. The van der Waals surface area contributed by atoms with Crippen molar-refractivity contribution in [3.05, 3.63) is 41.8 Å². The number of nitrogens with one attached hydrogen (secondary N) is 1. The molecule has 0 bridgehead atoms. The van der Waals surface area contributed by atoms with Crippen LogP contribution in [0.2, 0.25) is 0 Å². The minimum absolute atomic E-state index is 0.253. The molecule has 1 aromatic carbocycles. The summed E-state index contributed by atoms with van der Waals surface area (Å²) in [5, 5.41) is 2.42. The summed E-state index contributed by atoms with van der Waals surface area (Å²) < 4.78 is 4.86. The molecule has 0 unspecified atom stereocenters. The van der Waals surface area contributed by atoms with E-state index in [1.54, 1.807) is 0 Å². The third-order valence-corrected chi connectivity index (χ3v) is 2.36. The maximum Gasteiger partial charge on any atom is 0.403 e. The molecule has 1 N–H and O–H groups in total. The van der Waals surface area contributed by atoms with Gasteiger partial charge in [-0.15, -0.1) is 0 Å². The van der Waals surface area contributed by atoms with E-state index in [0.29, 0.717) is 6.42 Å². The van der Waals surface area contributed by atoms with E-state index in [9.17, 15) is 9.59 Å². The Hall–Kier alpha value is -2.10. The van der Waals surface area contributed by atoms with Crippen LogP contribution in [0.1, 0.15) is 18.9 Å². The lowest BCUT2D eigenvalue weighted by Gasteiger charge is -2.07. The highest BCUT2D eigenvalue weighted by Crippen LogP contribution is 2.23. The highest BCUT2D eigenvalue weighted by molar-refractivity contribution is 6.35. The first-order valence-corrected chi connectivity index (χ1v) is 5.04. The highest BCUT2D eigenvalue weighted by atomic mass is 16.6. The van der Waals surface area contributed by atoms with Crippen LogP contribution < -0.4 is 5.32 Å². The second kappa shape index (κ2) is 4.18. The van der Waals surface area contributed by atoms with Crippen molar-refractivity contribution < 1.29 is 14.3 Å². The molecule has 0 aromatic heterocycles. The molecule has 0 saturated carbocycles. The number of cyclic esters (lactones) is 1. The maximum atomic E-state index is 11.0. The fraction of sp³-hybridized carbons (Fsp3) is 0.167. The van der Waals surface area contributed by atoms with E-state index in [0.717, 1.165) is 11.1 Å². The molecular formula is C12H11NO3.